The molecule has 1 N–H and O–H groups in total. The maximum absolute atomic E-state index is 11.6. The molecule has 0 saturated carbocycles. The van der Waals surface area contributed by atoms with Gasteiger partial charge in [0.1, 0.15) is 5.70 Å². The van der Waals surface area contributed by atoms with Gasteiger partial charge in [-0.3, -0.25) is 15.2 Å². The lowest BCUT2D eigenvalue weighted by Gasteiger charge is -2.19. The molecule has 0 amide bonds. The summed E-state index contributed by atoms with van der Waals surface area (Å²) in [5.74, 6) is -0.717. The number of carbonyl (C=O) groups is 2. The number of Topliss-reactive ketones (excluding diaryl/α,β-unsaturated/α-hetero) is 1. The van der Waals surface area contributed by atoms with E-state index in [2.05, 4.69) is 10.2 Å². The van der Waals surface area contributed by atoms with E-state index in [0.29, 0.717) is 10.6 Å². The first-order chi connectivity index (χ1) is 9.02. The number of rotatable bonds is 3. The van der Waals surface area contributed by atoms with Gasteiger partial charge < -0.3 is 4.74 Å². The van der Waals surface area contributed by atoms with Crippen LogP contribution in [0.2, 0.25) is 5.02 Å². The molecule has 2 rings (SSSR count). The topological polar surface area (TPSA) is 58.6 Å². The highest BCUT2D eigenvalue weighted by molar-refractivity contribution is 6.30. The number of carbonyl (C=O) groups excluding carboxylic acids is 2. The van der Waals surface area contributed by atoms with E-state index in [0.717, 1.165) is 5.69 Å². The predicted octanol–water partition coefficient (Wildman–Crippen LogP) is 1.68. The molecule has 1 aliphatic rings. The summed E-state index contributed by atoms with van der Waals surface area (Å²) in [5, 5.41) is 2.31. The van der Waals surface area contributed by atoms with Crippen LogP contribution in [0.25, 0.3) is 0 Å². The molecular formula is C13H13ClN2O3. The van der Waals surface area contributed by atoms with Crippen molar-refractivity contribution >= 4 is 29.0 Å². The van der Waals surface area contributed by atoms with Crippen LogP contribution in [0.1, 0.15) is 6.92 Å². The molecule has 1 aromatic carbocycles. The fourth-order valence-corrected chi connectivity index (χ4v) is 1.96. The van der Waals surface area contributed by atoms with Gasteiger partial charge in [-0.1, -0.05) is 11.6 Å². The molecule has 1 aromatic rings. The summed E-state index contributed by atoms with van der Waals surface area (Å²) in [6, 6.07) is 7.07. The Bertz CT molecular complexity index is 552. The van der Waals surface area contributed by atoms with Crippen molar-refractivity contribution in [1.82, 2.24) is 5.43 Å². The third-order valence-corrected chi connectivity index (χ3v) is 3.04. The Morgan fingerprint density at radius 3 is 2.47 bits per heavy atom. The summed E-state index contributed by atoms with van der Waals surface area (Å²) < 4.78 is 4.68. The lowest BCUT2D eigenvalue weighted by atomic mass is 10.2. The Morgan fingerprint density at radius 2 is 1.95 bits per heavy atom. The smallest absolute Gasteiger partial charge is 0.337 e. The minimum atomic E-state index is -0.505. The van der Waals surface area contributed by atoms with Crippen molar-refractivity contribution in [3.63, 3.8) is 0 Å². The molecule has 1 aliphatic heterocycles. The summed E-state index contributed by atoms with van der Waals surface area (Å²) in [6.07, 6.45) is 0. The van der Waals surface area contributed by atoms with Crippen LogP contribution in [0, 0.1) is 0 Å². The number of methoxy groups -OCH3 is 1. The van der Waals surface area contributed by atoms with Crippen LogP contribution in [-0.2, 0) is 14.3 Å². The van der Waals surface area contributed by atoms with Crippen LogP contribution in [0.3, 0.4) is 0 Å². The van der Waals surface area contributed by atoms with Gasteiger partial charge in [-0.25, -0.2) is 4.79 Å². The number of hydrogen-bond acceptors (Lipinski definition) is 5. The average Bonchev–Trinajstić information content (AvgIpc) is 2.84. The number of ether oxygens (including phenoxy) is 1. The van der Waals surface area contributed by atoms with E-state index < -0.39 is 5.97 Å². The van der Waals surface area contributed by atoms with E-state index in [9.17, 15) is 9.59 Å². The zero-order valence-electron chi connectivity index (χ0n) is 10.6. The van der Waals surface area contributed by atoms with E-state index >= 15 is 0 Å². The van der Waals surface area contributed by atoms with Gasteiger partial charge in [0.05, 0.1) is 24.9 Å². The van der Waals surface area contributed by atoms with Crippen LogP contribution in [0.4, 0.5) is 5.69 Å². The summed E-state index contributed by atoms with van der Waals surface area (Å²) >= 11 is 5.82. The van der Waals surface area contributed by atoms with Gasteiger partial charge in [-0.2, -0.15) is 0 Å². The molecule has 100 valence electrons. The molecule has 0 bridgehead atoms. The molecule has 5 nitrogen and oxygen atoms in total. The zero-order chi connectivity index (χ0) is 14.0. The quantitative estimate of drug-likeness (QED) is 0.854. The normalized spacial score (nSPS) is 14.4. The number of hydrogen-bond donors (Lipinski definition) is 1. The molecule has 0 unspecified atom stereocenters. The highest BCUT2D eigenvalue weighted by Gasteiger charge is 2.29. The van der Waals surface area contributed by atoms with Crippen molar-refractivity contribution < 1.29 is 14.3 Å². The molecule has 6 heteroatoms. The van der Waals surface area contributed by atoms with Gasteiger partial charge >= 0.3 is 5.97 Å². The van der Waals surface area contributed by atoms with Gasteiger partial charge in [-0.15, -0.1) is 0 Å². The number of hydrazine groups is 1. The van der Waals surface area contributed by atoms with Gasteiger partial charge in [-0.05, 0) is 24.3 Å². The number of ketones is 1. The lowest BCUT2D eigenvalue weighted by Crippen LogP contribution is -2.33. The fourth-order valence-electron chi connectivity index (χ4n) is 1.84. The van der Waals surface area contributed by atoms with Crippen LogP contribution in [0.15, 0.2) is 35.5 Å². The molecule has 1 heterocycles. The van der Waals surface area contributed by atoms with E-state index in [1.807, 2.05) is 0 Å². The molecule has 0 spiro atoms. The largest absolute Gasteiger partial charge is 0.466 e. The number of allylic oxidation sites excluding steroid dienone is 1. The molecule has 0 saturated heterocycles. The maximum Gasteiger partial charge on any atom is 0.337 e. The summed E-state index contributed by atoms with van der Waals surface area (Å²) in [7, 11) is 1.29. The Kier molecular flexibility index (Phi) is 3.76. The molecule has 0 aromatic heterocycles. The molecule has 0 radical (unpaired) electrons. The van der Waals surface area contributed by atoms with Gasteiger partial charge in [0.25, 0.3) is 0 Å². The minimum Gasteiger partial charge on any atom is -0.466 e. The van der Waals surface area contributed by atoms with Gasteiger partial charge in [0.2, 0.25) is 0 Å². The Morgan fingerprint density at radius 1 is 1.32 bits per heavy atom. The molecule has 19 heavy (non-hydrogen) atoms. The van der Waals surface area contributed by atoms with E-state index in [-0.39, 0.29) is 18.0 Å². The van der Waals surface area contributed by atoms with Crippen molar-refractivity contribution in [2.45, 2.75) is 6.92 Å². The van der Waals surface area contributed by atoms with E-state index in [4.69, 9.17) is 11.6 Å². The SMILES string of the molecule is COC(=O)C1=C(C(C)=O)NN(c2ccc(Cl)cc2)C1. The molecule has 0 aliphatic carbocycles. The van der Waals surface area contributed by atoms with Gasteiger partial charge in [0.15, 0.2) is 5.78 Å². The standard InChI is InChI=1S/C13H13ClN2O3/c1-8(17)12-11(13(18)19-2)7-16(15-12)10-5-3-9(14)4-6-10/h3-6,15H,7H2,1-2H3. The van der Waals surface area contributed by atoms with Crippen LogP contribution in [0.5, 0.6) is 0 Å². The highest BCUT2D eigenvalue weighted by atomic mass is 35.5. The van der Waals surface area contributed by atoms with Crippen molar-refractivity contribution in [3.05, 3.63) is 40.6 Å². The first-order valence-corrected chi connectivity index (χ1v) is 6.03. The minimum absolute atomic E-state index is 0.211. The van der Waals surface area contributed by atoms with Gasteiger partial charge in [0, 0.05) is 11.9 Å². The first kappa shape index (κ1) is 13.4. The van der Waals surface area contributed by atoms with Crippen LogP contribution < -0.4 is 10.4 Å². The molecule has 0 fully saturated rings. The molecule has 0 atom stereocenters. The number of nitrogens with zero attached hydrogens (tertiary/aromatic N) is 1. The van der Waals surface area contributed by atoms with Crippen molar-refractivity contribution in [3.8, 4) is 0 Å². The highest BCUT2D eigenvalue weighted by Crippen LogP contribution is 2.23. The second-order valence-electron chi connectivity index (χ2n) is 4.08. The number of halogens is 1. The number of benzene rings is 1. The Balaban J connectivity index is 2.25. The number of anilines is 1. The first-order valence-electron chi connectivity index (χ1n) is 5.65. The predicted molar refractivity (Wildman–Crippen MR) is 71.7 cm³/mol. The number of esters is 1. The maximum atomic E-state index is 11.6. The van der Waals surface area contributed by atoms with Crippen molar-refractivity contribution in [1.29, 1.82) is 0 Å². The second kappa shape index (κ2) is 5.32. The zero-order valence-corrected chi connectivity index (χ0v) is 11.3. The lowest BCUT2D eigenvalue weighted by molar-refractivity contribution is -0.136. The third kappa shape index (κ3) is 2.71. The second-order valence-corrected chi connectivity index (χ2v) is 4.51. The van der Waals surface area contributed by atoms with Crippen molar-refractivity contribution in [2.75, 3.05) is 18.7 Å². The fraction of sp³-hybridized carbons (Fsp3) is 0.231. The number of nitrogens with one attached hydrogen (secondary N) is 1. The van der Waals surface area contributed by atoms with Crippen LogP contribution >= 0.6 is 11.6 Å². The van der Waals surface area contributed by atoms with E-state index in [1.54, 1.807) is 29.3 Å². The summed E-state index contributed by atoms with van der Waals surface area (Å²) in [5.41, 5.74) is 4.31. The monoisotopic (exact) mass is 280 g/mol. The third-order valence-electron chi connectivity index (χ3n) is 2.79. The summed E-state index contributed by atoms with van der Waals surface area (Å²) in [4.78, 5) is 23.2. The summed E-state index contributed by atoms with van der Waals surface area (Å²) in [6.45, 7) is 1.67. The van der Waals surface area contributed by atoms with Crippen molar-refractivity contribution in [2.24, 2.45) is 0 Å². The Labute approximate surface area is 115 Å². The molecular weight excluding hydrogens is 268 g/mol. The van der Waals surface area contributed by atoms with E-state index in [1.165, 1.54) is 14.0 Å². The average molecular weight is 281 g/mol. The van der Waals surface area contributed by atoms with Crippen LogP contribution in [-0.4, -0.2) is 25.4 Å². The Hall–Kier alpha value is -2.01.